The van der Waals surface area contributed by atoms with Crippen molar-refractivity contribution in [3.8, 4) is 11.5 Å². The van der Waals surface area contributed by atoms with Crippen LogP contribution in [-0.2, 0) is 49.8 Å². The van der Waals surface area contributed by atoms with Crippen LogP contribution in [0.1, 0.15) is 33.4 Å². The van der Waals surface area contributed by atoms with Crippen LogP contribution >= 0.6 is 0 Å². The first-order chi connectivity index (χ1) is 33.9. The van der Waals surface area contributed by atoms with Crippen molar-refractivity contribution in [2.24, 2.45) is 0 Å². The average Bonchev–Trinajstić information content (AvgIpc) is 3.80. The van der Waals surface area contributed by atoms with Gasteiger partial charge in [0.05, 0.1) is 24.5 Å². The molecule has 8 aromatic carbocycles. The van der Waals surface area contributed by atoms with E-state index in [1.165, 1.54) is 0 Å². The molecule has 10 nitrogen and oxygen atoms in total. The van der Waals surface area contributed by atoms with Crippen molar-refractivity contribution in [3.05, 3.63) is 252 Å². The predicted octanol–water partition coefficient (Wildman–Crippen LogP) is 9.75. The number of benzene rings is 8. The van der Waals surface area contributed by atoms with Gasteiger partial charge in [-0.1, -0.05) is 158 Å². The van der Waals surface area contributed by atoms with E-state index in [4.69, 9.17) is 9.47 Å². The van der Waals surface area contributed by atoms with E-state index >= 15 is 9.59 Å². The predicted molar refractivity (Wildman–Crippen MR) is 264 cm³/mol. The quantitative estimate of drug-likeness (QED) is 0.113. The lowest BCUT2D eigenvalue weighted by Gasteiger charge is -2.53. The summed E-state index contributed by atoms with van der Waals surface area (Å²) in [5, 5.41) is 0. The lowest BCUT2D eigenvalue weighted by molar-refractivity contribution is -0.150. The van der Waals surface area contributed by atoms with Crippen LogP contribution < -0.4 is 29.1 Å². The van der Waals surface area contributed by atoms with E-state index < -0.39 is 23.3 Å². The smallest absolute Gasteiger partial charge is 0.272 e. The minimum absolute atomic E-state index is 0.232. The zero-order valence-electron chi connectivity index (χ0n) is 37.3. The van der Waals surface area contributed by atoms with Gasteiger partial charge in [0.25, 0.3) is 23.6 Å². The van der Waals surface area contributed by atoms with Gasteiger partial charge in [0.1, 0.15) is 11.5 Å². The lowest BCUT2D eigenvalue weighted by atomic mass is 9.74. The topological polar surface area (TPSA) is 99.7 Å². The first kappa shape index (κ1) is 41.7. The zero-order chi connectivity index (χ0) is 46.7. The Balaban J connectivity index is 0.840. The number of β-lactam (4-membered cyclic amide) rings is 2. The number of nitrogens with zero attached hydrogens (tertiary/aromatic N) is 4. The second kappa shape index (κ2) is 16.5. The molecule has 2 fully saturated rings. The Morgan fingerprint density at radius 2 is 0.696 bits per heavy atom. The van der Waals surface area contributed by atoms with Crippen molar-refractivity contribution < 1.29 is 28.7 Å². The summed E-state index contributed by atoms with van der Waals surface area (Å²) in [7, 11) is 0. The van der Waals surface area contributed by atoms with Crippen LogP contribution in [0.3, 0.4) is 0 Å². The molecule has 336 valence electrons. The fourth-order valence-electron chi connectivity index (χ4n) is 10.7. The highest BCUT2D eigenvalue weighted by Crippen LogP contribution is 2.57. The Bertz CT molecular complexity index is 3040. The maximum atomic E-state index is 15.1. The molecule has 0 radical (unpaired) electrons. The first-order valence-electron chi connectivity index (χ1n) is 23.1. The number of rotatable bonds is 12. The van der Waals surface area contributed by atoms with E-state index in [1.54, 1.807) is 43.9 Å². The van der Waals surface area contributed by atoms with Crippen LogP contribution in [0.25, 0.3) is 0 Å². The number of carbonyl (C=O) groups is 4. The fourth-order valence-corrected chi connectivity index (χ4v) is 10.7. The lowest BCUT2D eigenvalue weighted by Crippen LogP contribution is -2.77. The van der Waals surface area contributed by atoms with Crippen molar-refractivity contribution in [2.75, 3.05) is 19.6 Å². The third-order valence-electron chi connectivity index (χ3n) is 13.9. The molecule has 2 unspecified atom stereocenters. The summed E-state index contributed by atoms with van der Waals surface area (Å²) >= 11 is 0. The molecule has 10 heteroatoms. The van der Waals surface area contributed by atoms with Gasteiger partial charge in [-0.05, 0) is 89.3 Å². The van der Waals surface area contributed by atoms with Gasteiger partial charge < -0.3 is 19.3 Å². The van der Waals surface area contributed by atoms with E-state index in [0.717, 1.165) is 33.6 Å². The van der Waals surface area contributed by atoms with Gasteiger partial charge in [-0.15, -0.1) is 0 Å². The summed E-state index contributed by atoms with van der Waals surface area (Å²) in [4.78, 5) is 65.7. The monoisotopic (exact) mass is 904 g/mol. The highest BCUT2D eigenvalue weighted by molar-refractivity contribution is 6.25. The number of carbonyl (C=O) groups excluding carboxylic acids is 4. The molecule has 4 heterocycles. The van der Waals surface area contributed by atoms with Crippen molar-refractivity contribution in [1.29, 1.82) is 0 Å². The number of hydrogen-bond acceptors (Lipinski definition) is 6. The van der Waals surface area contributed by atoms with E-state index in [0.29, 0.717) is 53.5 Å². The molecule has 0 aliphatic carbocycles. The van der Waals surface area contributed by atoms with Crippen molar-refractivity contribution in [1.82, 2.24) is 0 Å². The summed E-state index contributed by atoms with van der Waals surface area (Å²) in [6, 6.07) is 68.7. The van der Waals surface area contributed by atoms with Crippen LogP contribution in [0.5, 0.6) is 11.5 Å². The van der Waals surface area contributed by atoms with Crippen molar-refractivity contribution >= 4 is 46.4 Å². The zero-order valence-corrected chi connectivity index (χ0v) is 37.3. The number of hydrogen-bond donors (Lipinski definition) is 0. The molecule has 0 bridgehead atoms. The summed E-state index contributed by atoms with van der Waals surface area (Å²) < 4.78 is 12.9. The van der Waals surface area contributed by atoms with Gasteiger partial charge in [0, 0.05) is 22.5 Å². The molecule has 69 heavy (non-hydrogen) atoms. The van der Waals surface area contributed by atoms with Gasteiger partial charge in [-0.2, -0.15) is 0 Å². The Kier molecular flexibility index (Phi) is 9.98. The number of anilines is 4. The number of ether oxygens (including phenoxy) is 2. The van der Waals surface area contributed by atoms with Gasteiger partial charge in [-0.3, -0.25) is 29.0 Å². The molecule has 12 rings (SSSR count). The van der Waals surface area contributed by atoms with Crippen molar-refractivity contribution in [3.63, 3.8) is 0 Å². The first-order valence-corrected chi connectivity index (χ1v) is 23.1. The summed E-state index contributed by atoms with van der Waals surface area (Å²) in [6.07, 6.45) is -1.65. The summed E-state index contributed by atoms with van der Waals surface area (Å²) in [6.45, 7) is 0.670. The molecule has 2 spiro atoms. The molecule has 4 atom stereocenters. The minimum Gasteiger partial charge on any atom is -0.477 e. The molecule has 4 aliphatic heterocycles. The number of para-hydroxylation sites is 4. The number of amides is 4. The molecule has 0 aromatic heterocycles. The van der Waals surface area contributed by atoms with Crippen LogP contribution in [0.15, 0.2) is 218 Å². The van der Waals surface area contributed by atoms with Crippen molar-refractivity contribution in [2.45, 2.75) is 42.8 Å². The normalized spacial score (nSPS) is 21.0. The Morgan fingerprint density at radius 3 is 1.07 bits per heavy atom. The van der Waals surface area contributed by atoms with Gasteiger partial charge >= 0.3 is 0 Å². The van der Waals surface area contributed by atoms with Crippen LogP contribution in [0.2, 0.25) is 0 Å². The highest BCUT2D eigenvalue weighted by Gasteiger charge is 2.74. The average molecular weight is 905 g/mol. The van der Waals surface area contributed by atoms with E-state index in [1.807, 2.05) is 194 Å². The molecule has 0 N–H and O–H groups in total. The van der Waals surface area contributed by atoms with Gasteiger partial charge in [-0.25, -0.2) is 0 Å². The maximum Gasteiger partial charge on any atom is 0.272 e. The molecule has 2 saturated heterocycles. The fraction of sp³-hybridized carbons (Fsp3) is 0.119. The number of fused-ring (bicyclic) bond motifs is 4. The molecule has 0 saturated carbocycles. The van der Waals surface area contributed by atoms with Crippen LogP contribution in [0.4, 0.5) is 22.7 Å². The summed E-state index contributed by atoms with van der Waals surface area (Å²) in [5.41, 5.74) is 5.05. The molecular weight excluding hydrogens is 861 g/mol. The summed E-state index contributed by atoms with van der Waals surface area (Å²) in [5.74, 6) is -0.0847. The largest absolute Gasteiger partial charge is 0.477 e. The third kappa shape index (κ3) is 6.47. The van der Waals surface area contributed by atoms with Crippen LogP contribution in [0, 0.1) is 0 Å². The molecule has 8 aromatic rings. The third-order valence-corrected chi connectivity index (χ3v) is 13.9. The van der Waals surface area contributed by atoms with E-state index in [-0.39, 0.29) is 23.6 Å². The Labute approximate surface area is 399 Å². The van der Waals surface area contributed by atoms with Crippen LogP contribution in [-0.4, -0.2) is 35.8 Å². The minimum atomic E-state index is -1.44. The maximum absolute atomic E-state index is 15.1. The van der Waals surface area contributed by atoms with Gasteiger partial charge in [0.2, 0.25) is 23.3 Å². The van der Waals surface area contributed by atoms with E-state index in [9.17, 15) is 9.59 Å². The SMILES string of the molecule is O=C1C(Oc2ccccc2)[C@]2(C(=O)N(Cc3ccccc3)c3ccccc32)N1c1ccc(Cc2ccc(N3C(=O)C(Oc4ccccc4)[C@]34C(=O)N(Cc3ccccc3)c3ccccc34)cc2)cc1. The Morgan fingerprint density at radius 1 is 0.362 bits per heavy atom. The van der Waals surface area contributed by atoms with Gasteiger partial charge in [0.15, 0.2) is 0 Å². The molecule has 4 aliphatic rings. The van der Waals surface area contributed by atoms with E-state index in [2.05, 4.69) is 0 Å². The standard InChI is InChI=1S/C59H44N4O6/c64-54-52(68-46-21-9-3-10-22-46)58(48-25-13-15-27-50(48)60(56(58)66)38-42-17-5-1-6-18-42)62(54)44-33-29-40(30-34-44)37-41-31-35-45(36-32-41)63-55(65)53(69-47-23-11-4-12-24-47)59(63)49-26-14-16-28-51(49)61(57(59)67)39-43-19-7-2-8-20-43/h1-36,52-53H,37-39H2/t52?,53?,58-,59-/m1/s1. The highest BCUT2D eigenvalue weighted by atomic mass is 16.5. The molecular formula is C59H44N4O6. The second-order valence-electron chi connectivity index (χ2n) is 17.8. The molecule has 4 amide bonds. The second-order valence-corrected chi connectivity index (χ2v) is 17.8. The Hall–Kier alpha value is -8.76.